The number of halogens is 3. The quantitative estimate of drug-likeness (QED) is 0.683. The second-order valence-corrected chi connectivity index (χ2v) is 6.38. The summed E-state index contributed by atoms with van der Waals surface area (Å²) in [7, 11) is 0. The lowest BCUT2D eigenvalue weighted by atomic mass is 9.96. The summed E-state index contributed by atoms with van der Waals surface area (Å²) in [5, 5.41) is 0.556. The van der Waals surface area contributed by atoms with Crippen LogP contribution in [0.4, 0.5) is 0 Å². The second-order valence-electron chi connectivity index (χ2n) is 3.27. The van der Waals surface area contributed by atoms with Crippen molar-refractivity contribution in [2.45, 2.75) is 14.8 Å². The van der Waals surface area contributed by atoms with Crippen LogP contribution in [0.15, 0.2) is 24.3 Å². The van der Waals surface area contributed by atoms with Crippen LogP contribution in [0.3, 0.4) is 0 Å². The van der Waals surface area contributed by atoms with Gasteiger partial charge >= 0.3 is 0 Å². The maximum atomic E-state index is 6.14. The summed E-state index contributed by atoms with van der Waals surface area (Å²) in [6.45, 7) is 4.11. The standard InChI is InChI=1S/C10H8Cl3S/c1-10(8(12)9(13)14-10)6-3-2-4-7(11)5-6/h2-5,8-9H,1H2. The first-order valence-electron chi connectivity index (χ1n) is 4.11. The molecule has 1 aromatic carbocycles. The zero-order valence-electron chi connectivity index (χ0n) is 7.21. The molecule has 2 rings (SSSR count). The SMILES string of the molecule is [CH2]C1(c2cccc(Cl)c2)SC(Cl)C1Cl. The van der Waals surface area contributed by atoms with Crippen molar-refractivity contribution < 1.29 is 0 Å². The van der Waals surface area contributed by atoms with Gasteiger partial charge in [0.15, 0.2) is 0 Å². The van der Waals surface area contributed by atoms with Crippen molar-refractivity contribution >= 4 is 46.6 Å². The van der Waals surface area contributed by atoms with E-state index in [1.165, 1.54) is 0 Å². The molecule has 1 radical (unpaired) electrons. The minimum atomic E-state index is -0.348. The fourth-order valence-corrected chi connectivity index (χ4v) is 3.89. The van der Waals surface area contributed by atoms with Crippen molar-refractivity contribution in [3.05, 3.63) is 41.8 Å². The number of hydrogen-bond acceptors (Lipinski definition) is 1. The van der Waals surface area contributed by atoms with Gasteiger partial charge in [-0.05, 0) is 24.6 Å². The summed E-state index contributed by atoms with van der Waals surface area (Å²) in [5.74, 6) is 0. The van der Waals surface area contributed by atoms with E-state index in [0.717, 1.165) is 5.56 Å². The van der Waals surface area contributed by atoms with Crippen LogP contribution in [0.25, 0.3) is 0 Å². The van der Waals surface area contributed by atoms with Crippen LogP contribution in [0.5, 0.6) is 0 Å². The van der Waals surface area contributed by atoms with Crippen molar-refractivity contribution in [2.24, 2.45) is 0 Å². The van der Waals surface area contributed by atoms with Gasteiger partial charge in [-0.25, -0.2) is 0 Å². The molecule has 1 aliphatic rings. The Bertz CT molecular complexity index is 355. The predicted molar refractivity (Wildman–Crippen MR) is 65.4 cm³/mol. The zero-order chi connectivity index (χ0) is 10.3. The largest absolute Gasteiger partial charge is 0.127 e. The molecule has 14 heavy (non-hydrogen) atoms. The first kappa shape index (κ1) is 10.9. The van der Waals surface area contributed by atoms with Gasteiger partial charge in [0.05, 0.1) is 14.8 Å². The fourth-order valence-electron chi connectivity index (χ4n) is 1.44. The van der Waals surface area contributed by atoms with E-state index < -0.39 is 0 Å². The third-order valence-electron chi connectivity index (χ3n) is 2.31. The molecule has 75 valence electrons. The smallest absolute Gasteiger partial charge is 0.0978 e. The van der Waals surface area contributed by atoms with Crippen molar-refractivity contribution in [3.63, 3.8) is 0 Å². The van der Waals surface area contributed by atoms with Crippen LogP contribution < -0.4 is 0 Å². The van der Waals surface area contributed by atoms with Gasteiger partial charge in [0.2, 0.25) is 0 Å². The van der Waals surface area contributed by atoms with Gasteiger partial charge in [0.25, 0.3) is 0 Å². The Morgan fingerprint density at radius 3 is 2.57 bits per heavy atom. The van der Waals surface area contributed by atoms with E-state index in [2.05, 4.69) is 6.92 Å². The summed E-state index contributed by atoms with van der Waals surface area (Å²) in [4.78, 5) is 0. The molecule has 0 bridgehead atoms. The lowest BCUT2D eigenvalue weighted by molar-refractivity contribution is 0.675. The highest BCUT2D eigenvalue weighted by Crippen LogP contribution is 2.58. The lowest BCUT2D eigenvalue weighted by Gasteiger charge is -2.46. The molecular weight excluding hydrogens is 259 g/mol. The second kappa shape index (κ2) is 3.79. The van der Waals surface area contributed by atoms with Crippen LogP contribution in [0.2, 0.25) is 5.02 Å². The highest BCUT2D eigenvalue weighted by atomic mass is 35.5. The van der Waals surface area contributed by atoms with E-state index in [1.807, 2.05) is 24.3 Å². The summed E-state index contributed by atoms with van der Waals surface area (Å²) in [5.41, 5.74) is 1.03. The highest BCUT2D eigenvalue weighted by molar-refractivity contribution is 8.03. The molecule has 1 aliphatic heterocycles. The van der Waals surface area contributed by atoms with E-state index in [-0.39, 0.29) is 14.8 Å². The fraction of sp³-hybridized carbons (Fsp3) is 0.300. The molecule has 0 amide bonds. The molecule has 1 aromatic rings. The van der Waals surface area contributed by atoms with Gasteiger partial charge in [0, 0.05) is 5.02 Å². The minimum Gasteiger partial charge on any atom is -0.127 e. The maximum Gasteiger partial charge on any atom is 0.0978 e. The Morgan fingerprint density at radius 1 is 1.36 bits per heavy atom. The number of alkyl halides is 2. The number of thioether (sulfide) groups is 1. The molecular formula is C10H8Cl3S. The van der Waals surface area contributed by atoms with Crippen molar-refractivity contribution in [1.29, 1.82) is 0 Å². The van der Waals surface area contributed by atoms with Gasteiger partial charge in [0.1, 0.15) is 0 Å². The predicted octanol–water partition coefficient (Wildman–Crippen LogP) is 4.29. The van der Waals surface area contributed by atoms with Crippen molar-refractivity contribution in [1.82, 2.24) is 0 Å². The molecule has 0 N–H and O–H groups in total. The van der Waals surface area contributed by atoms with Gasteiger partial charge in [-0.15, -0.1) is 35.0 Å². The van der Waals surface area contributed by atoms with Crippen LogP contribution in [0, 0.1) is 6.92 Å². The van der Waals surface area contributed by atoms with Crippen LogP contribution in [0.1, 0.15) is 5.56 Å². The number of hydrogen-bond donors (Lipinski definition) is 0. The van der Waals surface area contributed by atoms with Gasteiger partial charge in [-0.2, -0.15) is 0 Å². The lowest BCUT2D eigenvalue weighted by Crippen LogP contribution is -2.46. The molecule has 1 saturated heterocycles. The molecule has 3 atom stereocenters. The molecule has 0 nitrogen and oxygen atoms in total. The summed E-state index contributed by atoms with van der Waals surface area (Å²) >= 11 is 19.5. The van der Waals surface area contributed by atoms with E-state index in [1.54, 1.807) is 11.8 Å². The normalized spacial score (nSPS) is 36.6. The third kappa shape index (κ3) is 1.65. The van der Waals surface area contributed by atoms with Crippen LogP contribution in [-0.2, 0) is 4.75 Å². The monoisotopic (exact) mass is 265 g/mol. The van der Waals surface area contributed by atoms with Crippen molar-refractivity contribution in [2.75, 3.05) is 0 Å². The average Bonchev–Trinajstić information content (AvgIpc) is 2.17. The Labute approximate surface area is 103 Å². The van der Waals surface area contributed by atoms with E-state index in [0.29, 0.717) is 5.02 Å². The highest BCUT2D eigenvalue weighted by Gasteiger charge is 2.51. The van der Waals surface area contributed by atoms with Gasteiger partial charge in [-0.3, -0.25) is 0 Å². The molecule has 0 spiro atoms. The van der Waals surface area contributed by atoms with Gasteiger partial charge < -0.3 is 0 Å². The molecule has 1 heterocycles. The van der Waals surface area contributed by atoms with E-state index in [9.17, 15) is 0 Å². The molecule has 4 heteroatoms. The molecule has 1 fully saturated rings. The summed E-state index contributed by atoms with van der Waals surface area (Å²) < 4.78 is -0.410. The van der Waals surface area contributed by atoms with Crippen molar-refractivity contribution in [3.8, 4) is 0 Å². The third-order valence-corrected chi connectivity index (χ3v) is 5.51. The first-order chi connectivity index (χ1) is 6.54. The summed E-state index contributed by atoms with van der Waals surface area (Å²) in [6, 6.07) is 7.60. The maximum absolute atomic E-state index is 6.14. The molecule has 0 aliphatic carbocycles. The Morgan fingerprint density at radius 2 is 2.07 bits per heavy atom. The average molecular weight is 267 g/mol. The summed E-state index contributed by atoms with van der Waals surface area (Å²) in [6.07, 6.45) is 0. The number of rotatable bonds is 1. The van der Waals surface area contributed by atoms with E-state index in [4.69, 9.17) is 34.8 Å². The topological polar surface area (TPSA) is 0 Å². The molecule has 3 unspecified atom stereocenters. The van der Waals surface area contributed by atoms with Gasteiger partial charge in [-0.1, -0.05) is 23.7 Å². The number of benzene rings is 1. The van der Waals surface area contributed by atoms with Crippen LogP contribution in [-0.4, -0.2) is 10.1 Å². The zero-order valence-corrected chi connectivity index (χ0v) is 10.3. The van der Waals surface area contributed by atoms with Crippen LogP contribution >= 0.6 is 46.6 Å². The Balaban J connectivity index is 2.32. The Kier molecular flexibility index (Phi) is 2.96. The van der Waals surface area contributed by atoms with E-state index >= 15 is 0 Å². The minimum absolute atomic E-state index is 0.0619. The first-order valence-corrected chi connectivity index (χ1v) is 6.24. The Hall–Kier alpha value is 0.440. The molecule has 0 saturated carbocycles. The molecule has 0 aromatic heterocycles.